The number of phenols is 1. The molecule has 0 bridgehead atoms. The van der Waals surface area contributed by atoms with Crippen LogP contribution in [0.15, 0.2) is 54.6 Å². The van der Waals surface area contributed by atoms with Crippen LogP contribution in [0.25, 0.3) is 0 Å². The molecule has 5 N–H and O–H groups in total. The summed E-state index contributed by atoms with van der Waals surface area (Å²) in [6.07, 6.45) is 0.557. The fourth-order valence-electron chi connectivity index (χ4n) is 4.78. The Morgan fingerprint density at radius 2 is 1.49 bits per heavy atom. The zero-order chi connectivity index (χ0) is 35.4. The van der Waals surface area contributed by atoms with Crippen molar-refractivity contribution in [2.45, 2.75) is 110 Å². The van der Waals surface area contributed by atoms with Crippen molar-refractivity contribution in [3.63, 3.8) is 0 Å². The summed E-state index contributed by atoms with van der Waals surface area (Å²) in [6, 6.07) is 10.9. The number of esters is 1. The number of aromatic hydroxyl groups is 1. The summed E-state index contributed by atoms with van der Waals surface area (Å²) in [7, 11) is 0. The third kappa shape index (κ3) is 13.7. The normalized spacial score (nSPS) is 13.4. The molecule has 0 spiro atoms. The van der Waals surface area contributed by atoms with Crippen molar-refractivity contribution in [1.82, 2.24) is 15.5 Å². The minimum absolute atomic E-state index is 0.0431. The number of primary amides is 1. The number of hydrogen-bond donors (Lipinski definition) is 4. The van der Waals surface area contributed by atoms with E-state index in [1.807, 2.05) is 37.3 Å². The van der Waals surface area contributed by atoms with Crippen molar-refractivity contribution in [1.29, 1.82) is 0 Å². The molecule has 2 aromatic rings. The number of benzene rings is 2. The van der Waals surface area contributed by atoms with E-state index in [1.54, 1.807) is 47.6 Å². The van der Waals surface area contributed by atoms with Crippen molar-refractivity contribution in [3.8, 4) is 5.75 Å². The van der Waals surface area contributed by atoms with Crippen molar-refractivity contribution in [2.24, 2.45) is 5.73 Å². The fourth-order valence-corrected chi connectivity index (χ4v) is 4.78. The molecule has 0 saturated heterocycles. The van der Waals surface area contributed by atoms with Gasteiger partial charge in [-0.05, 0) is 71.2 Å². The van der Waals surface area contributed by atoms with Crippen molar-refractivity contribution in [2.75, 3.05) is 6.54 Å². The van der Waals surface area contributed by atoms with Gasteiger partial charge in [-0.1, -0.05) is 62.2 Å². The maximum atomic E-state index is 14.4. The number of phenolic OH excluding ortho intramolecular Hbond substituents is 1. The number of hydrogen-bond acceptors (Lipinski definition) is 8. The smallest absolute Gasteiger partial charge is 0.408 e. The van der Waals surface area contributed by atoms with Crippen LogP contribution in [0.2, 0.25) is 0 Å². The summed E-state index contributed by atoms with van der Waals surface area (Å²) in [5, 5.41) is 15.6. The molecule has 2 aromatic carbocycles. The van der Waals surface area contributed by atoms with Crippen LogP contribution in [0.4, 0.5) is 4.79 Å². The second-order valence-corrected chi connectivity index (χ2v) is 13.4. The van der Waals surface area contributed by atoms with Gasteiger partial charge in [0.05, 0.1) is 6.42 Å². The van der Waals surface area contributed by atoms with E-state index in [-0.39, 0.29) is 24.3 Å². The summed E-state index contributed by atoms with van der Waals surface area (Å²) in [5.41, 5.74) is 4.74. The van der Waals surface area contributed by atoms with E-state index < -0.39 is 65.5 Å². The maximum absolute atomic E-state index is 14.4. The molecule has 3 atom stereocenters. The van der Waals surface area contributed by atoms with Crippen LogP contribution in [0.3, 0.4) is 0 Å². The van der Waals surface area contributed by atoms with E-state index in [9.17, 15) is 29.1 Å². The molecule has 0 radical (unpaired) electrons. The molecule has 0 aliphatic carbocycles. The number of nitrogens with zero attached hydrogens (tertiary/aromatic N) is 1. The van der Waals surface area contributed by atoms with Crippen LogP contribution >= 0.6 is 0 Å². The zero-order valence-electron chi connectivity index (χ0n) is 28.5. The fraction of sp³-hybridized carbons (Fsp3) is 0.514. The highest BCUT2D eigenvalue weighted by Crippen LogP contribution is 2.27. The number of carbonyl (C=O) groups is 5. The Hall–Kier alpha value is -4.61. The number of amides is 4. The number of nitrogens with one attached hydrogen (secondary N) is 2. The first-order chi connectivity index (χ1) is 21.9. The van der Waals surface area contributed by atoms with Gasteiger partial charge in [0.25, 0.3) is 0 Å². The minimum atomic E-state index is -1.47. The monoisotopic (exact) mass is 654 g/mol. The van der Waals surface area contributed by atoms with Crippen molar-refractivity contribution in [3.05, 3.63) is 65.7 Å². The predicted octanol–water partition coefficient (Wildman–Crippen LogP) is 4.29. The van der Waals surface area contributed by atoms with Crippen LogP contribution in [0, 0.1) is 0 Å². The average molecular weight is 655 g/mol. The highest BCUT2D eigenvalue weighted by molar-refractivity contribution is 5.95. The van der Waals surface area contributed by atoms with E-state index >= 15 is 0 Å². The number of alkyl carbamates (subject to hydrolysis) is 1. The Bertz CT molecular complexity index is 1370. The largest absolute Gasteiger partial charge is 0.508 e. The molecular weight excluding hydrogens is 604 g/mol. The van der Waals surface area contributed by atoms with Gasteiger partial charge in [-0.25, -0.2) is 9.59 Å². The molecule has 12 nitrogen and oxygen atoms in total. The van der Waals surface area contributed by atoms with Crippen molar-refractivity contribution < 1.29 is 38.6 Å². The number of unbranched alkanes of at least 4 members (excludes halogenated alkanes) is 2. The van der Waals surface area contributed by atoms with Crippen LogP contribution < -0.4 is 16.4 Å². The lowest BCUT2D eigenvalue weighted by atomic mass is 9.99. The van der Waals surface area contributed by atoms with Crippen LogP contribution in [-0.4, -0.2) is 69.6 Å². The van der Waals surface area contributed by atoms with Gasteiger partial charge in [0.15, 0.2) is 0 Å². The number of ether oxygens (including phenoxy) is 2. The molecule has 0 fully saturated rings. The lowest BCUT2D eigenvalue weighted by Crippen LogP contribution is -2.55. The first kappa shape index (κ1) is 38.6. The summed E-state index contributed by atoms with van der Waals surface area (Å²) < 4.78 is 11.0. The zero-order valence-corrected chi connectivity index (χ0v) is 28.5. The summed E-state index contributed by atoms with van der Waals surface area (Å²) in [5.74, 6) is -3.20. The quantitative estimate of drug-likeness (QED) is 0.162. The SMILES string of the molecule is CCCCCN(C(=O)C(CC(N)=O)NC(=O)OC(C)(C)C)C(C(=O)NC(Cc1ccccc1)C(=O)OC(C)(C)C)c1cccc(O)c1. The first-order valence-corrected chi connectivity index (χ1v) is 15.8. The highest BCUT2D eigenvalue weighted by atomic mass is 16.6. The Kier molecular flexibility index (Phi) is 14.2. The third-order valence-corrected chi connectivity index (χ3v) is 6.72. The molecule has 2 rings (SSSR count). The Balaban J connectivity index is 2.63. The molecule has 0 aliphatic rings. The molecule has 0 saturated carbocycles. The summed E-state index contributed by atoms with van der Waals surface area (Å²) in [6.45, 7) is 12.1. The van der Waals surface area contributed by atoms with Gasteiger partial charge >= 0.3 is 12.1 Å². The molecule has 3 unspecified atom stereocenters. The Morgan fingerprint density at radius 3 is 2.04 bits per heavy atom. The predicted molar refractivity (Wildman–Crippen MR) is 177 cm³/mol. The van der Waals surface area contributed by atoms with Gasteiger partial charge in [0.1, 0.15) is 35.1 Å². The lowest BCUT2D eigenvalue weighted by molar-refractivity contribution is -0.159. The topological polar surface area (TPSA) is 177 Å². The molecule has 4 amide bonds. The van der Waals surface area contributed by atoms with Gasteiger partial charge in [-0.2, -0.15) is 0 Å². The van der Waals surface area contributed by atoms with Crippen LogP contribution in [0.1, 0.15) is 91.3 Å². The van der Waals surface area contributed by atoms with Crippen LogP contribution in [0.5, 0.6) is 5.75 Å². The van der Waals surface area contributed by atoms with E-state index in [1.165, 1.54) is 23.1 Å². The standard InChI is InChI=1S/C35H50N4O8/c1-8-9-13-19-39(31(43)26(22-28(36)41)38-33(45)47-35(5,6)7)29(24-17-14-18-25(40)21-24)30(42)37-27(32(44)46-34(2,3)4)20-23-15-11-10-12-16-23/h10-12,14-18,21,26-27,29,40H,8-9,13,19-20,22H2,1-7H3,(H2,36,41)(H,37,42)(H,38,45). The van der Waals surface area contributed by atoms with E-state index in [2.05, 4.69) is 10.6 Å². The van der Waals surface area contributed by atoms with Gasteiger partial charge in [0.2, 0.25) is 17.7 Å². The molecular formula is C35H50N4O8. The molecule has 12 heteroatoms. The number of nitrogens with two attached hydrogens (primary N) is 1. The minimum Gasteiger partial charge on any atom is -0.508 e. The average Bonchev–Trinajstić information content (AvgIpc) is 2.94. The lowest BCUT2D eigenvalue weighted by Gasteiger charge is -2.35. The van der Waals surface area contributed by atoms with E-state index in [4.69, 9.17) is 15.2 Å². The number of carbonyl (C=O) groups excluding carboxylic acids is 5. The van der Waals surface area contributed by atoms with Gasteiger partial charge in [0, 0.05) is 13.0 Å². The molecule has 0 heterocycles. The van der Waals surface area contributed by atoms with Gasteiger partial charge < -0.3 is 35.8 Å². The maximum Gasteiger partial charge on any atom is 0.408 e. The van der Waals surface area contributed by atoms with E-state index in [0.29, 0.717) is 12.8 Å². The molecule has 47 heavy (non-hydrogen) atoms. The van der Waals surface area contributed by atoms with E-state index in [0.717, 1.165) is 12.0 Å². The summed E-state index contributed by atoms with van der Waals surface area (Å²) >= 11 is 0. The second kappa shape index (κ2) is 17.3. The number of rotatable bonds is 15. The third-order valence-electron chi connectivity index (χ3n) is 6.72. The Morgan fingerprint density at radius 1 is 0.851 bits per heavy atom. The highest BCUT2D eigenvalue weighted by Gasteiger charge is 2.39. The van der Waals surface area contributed by atoms with Gasteiger partial charge in [-0.3, -0.25) is 14.4 Å². The summed E-state index contributed by atoms with van der Waals surface area (Å²) in [4.78, 5) is 68.1. The molecule has 0 aromatic heterocycles. The van der Waals surface area contributed by atoms with Crippen molar-refractivity contribution >= 4 is 29.8 Å². The second-order valence-electron chi connectivity index (χ2n) is 13.4. The Labute approximate surface area is 277 Å². The molecule has 258 valence electrons. The first-order valence-electron chi connectivity index (χ1n) is 15.8. The van der Waals surface area contributed by atoms with Crippen LogP contribution in [-0.2, 0) is 35.1 Å². The molecule has 0 aliphatic heterocycles. The van der Waals surface area contributed by atoms with Gasteiger partial charge in [-0.15, -0.1) is 0 Å².